The molecule has 0 aromatic heterocycles. The molecule has 4 rings (SSSR count). The van der Waals surface area contributed by atoms with Gasteiger partial charge in [-0.2, -0.15) is 13.2 Å². The molecule has 0 heterocycles. The number of hydrogen-bond donors (Lipinski definition) is 1. The van der Waals surface area contributed by atoms with Crippen LogP contribution in [0.25, 0.3) is 0 Å². The molecule has 1 atom stereocenters. The van der Waals surface area contributed by atoms with Gasteiger partial charge in [0.25, 0.3) is 10.0 Å². The Kier molecular flexibility index (Phi) is 10.8. The van der Waals surface area contributed by atoms with Crippen molar-refractivity contribution in [2.24, 2.45) is 0 Å². The largest absolute Gasteiger partial charge is 0.416 e. The number of nitrogens with zero attached hydrogens (tertiary/aromatic N) is 2. The first-order chi connectivity index (χ1) is 22.0. The molecule has 0 radical (unpaired) electrons. The van der Waals surface area contributed by atoms with Crippen molar-refractivity contribution in [1.82, 2.24) is 10.2 Å². The lowest BCUT2D eigenvalue weighted by atomic mass is 10.0. The van der Waals surface area contributed by atoms with E-state index in [2.05, 4.69) is 5.32 Å². The summed E-state index contributed by atoms with van der Waals surface area (Å²) in [7, 11) is -4.55. The lowest BCUT2D eigenvalue weighted by Gasteiger charge is -2.35. The highest BCUT2D eigenvalue weighted by molar-refractivity contribution is 7.92. The highest BCUT2D eigenvalue weighted by atomic mass is 32.2. The summed E-state index contributed by atoms with van der Waals surface area (Å²) >= 11 is 0. The standard InChI is InChI=1S/C36H38F3N3O4S/c1-26-18-20-31(21-19-26)47(45,46)42(30-17-11-16-29(23-30)36(37,38)39)25-33(43)41(24-28-14-9-6-10-15-28)32(34(44)40-35(2,3)4)22-27-12-7-5-8-13-27/h5-21,23,32H,22,24-25H2,1-4H3,(H,40,44)/t32-/m0/s1. The Hall–Kier alpha value is -4.64. The molecule has 0 spiro atoms. The molecule has 0 aliphatic rings. The summed E-state index contributed by atoms with van der Waals surface area (Å²) in [4.78, 5) is 29.5. The molecule has 47 heavy (non-hydrogen) atoms. The van der Waals surface area contributed by atoms with Gasteiger partial charge in [0.15, 0.2) is 0 Å². The minimum Gasteiger partial charge on any atom is -0.350 e. The van der Waals surface area contributed by atoms with Crippen LogP contribution in [0, 0.1) is 6.92 Å². The van der Waals surface area contributed by atoms with E-state index in [0.29, 0.717) is 15.9 Å². The first-order valence-electron chi connectivity index (χ1n) is 15.0. The number of alkyl halides is 3. The number of benzene rings is 4. The Morgan fingerprint density at radius 1 is 0.787 bits per heavy atom. The molecule has 0 saturated heterocycles. The van der Waals surface area contributed by atoms with E-state index in [-0.39, 0.29) is 23.5 Å². The normalized spacial score (nSPS) is 12.7. The van der Waals surface area contributed by atoms with Crippen molar-refractivity contribution in [1.29, 1.82) is 0 Å². The first-order valence-corrected chi connectivity index (χ1v) is 16.4. The second-order valence-corrected chi connectivity index (χ2v) is 14.2. The highest BCUT2D eigenvalue weighted by Crippen LogP contribution is 2.33. The Balaban J connectivity index is 1.84. The molecule has 7 nitrogen and oxygen atoms in total. The number of nitrogens with one attached hydrogen (secondary N) is 1. The van der Waals surface area contributed by atoms with Crippen LogP contribution in [0.15, 0.2) is 114 Å². The van der Waals surface area contributed by atoms with E-state index in [9.17, 15) is 31.2 Å². The molecule has 2 amide bonds. The maximum atomic E-state index is 14.5. The van der Waals surface area contributed by atoms with E-state index in [1.165, 1.54) is 23.1 Å². The molecule has 248 valence electrons. The molecule has 0 unspecified atom stereocenters. The molecular weight excluding hydrogens is 627 g/mol. The second kappa shape index (κ2) is 14.4. The van der Waals surface area contributed by atoms with Gasteiger partial charge in [-0.1, -0.05) is 84.4 Å². The zero-order valence-electron chi connectivity index (χ0n) is 26.7. The Bertz CT molecular complexity index is 1770. The van der Waals surface area contributed by atoms with Crippen molar-refractivity contribution in [3.8, 4) is 0 Å². The predicted octanol–water partition coefficient (Wildman–Crippen LogP) is 6.76. The second-order valence-electron chi connectivity index (χ2n) is 12.3. The molecule has 4 aromatic carbocycles. The maximum Gasteiger partial charge on any atom is 0.416 e. The number of carbonyl (C=O) groups is 2. The first kappa shape index (κ1) is 35.2. The zero-order chi connectivity index (χ0) is 34.4. The van der Waals surface area contributed by atoms with Crippen LogP contribution < -0.4 is 9.62 Å². The van der Waals surface area contributed by atoms with E-state index in [1.54, 1.807) is 82.3 Å². The summed E-state index contributed by atoms with van der Waals surface area (Å²) < 4.78 is 70.2. The number of amides is 2. The third kappa shape index (κ3) is 9.45. The number of hydrogen-bond acceptors (Lipinski definition) is 4. The van der Waals surface area contributed by atoms with E-state index >= 15 is 0 Å². The van der Waals surface area contributed by atoms with Crippen molar-refractivity contribution >= 4 is 27.5 Å². The fraction of sp³-hybridized carbons (Fsp3) is 0.278. The smallest absolute Gasteiger partial charge is 0.350 e. The number of halogens is 3. The quantitative estimate of drug-likeness (QED) is 0.192. The molecule has 11 heteroatoms. The van der Waals surface area contributed by atoms with Crippen molar-refractivity contribution in [2.75, 3.05) is 10.8 Å². The van der Waals surface area contributed by atoms with Gasteiger partial charge in [0.2, 0.25) is 11.8 Å². The molecule has 0 saturated carbocycles. The Morgan fingerprint density at radius 3 is 1.91 bits per heavy atom. The average Bonchev–Trinajstić information content (AvgIpc) is 3.01. The minimum atomic E-state index is -4.76. The van der Waals surface area contributed by atoms with Gasteiger partial charge in [-0.15, -0.1) is 0 Å². The summed E-state index contributed by atoms with van der Waals surface area (Å²) in [5.41, 5.74) is 0.135. The number of rotatable bonds is 11. The molecule has 0 fully saturated rings. The lowest BCUT2D eigenvalue weighted by molar-refractivity contribution is -0.140. The summed E-state index contributed by atoms with van der Waals surface area (Å²) in [5.74, 6) is -1.23. The third-order valence-corrected chi connectivity index (χ3v) is 9.10. The van der Waals surface area contributed by atoms with Crippen LogP contribution in [0.2, 0.25) is 0 Å². The highest BCUT2D eigenvalue weighted by Gasteiger charge is 2.37. The van der Waals surface area contributed by atoms with Crippen LogP contribution in [-0.2, 0) is 38.8 Å². The molecule has 1 N–H and O–H groups in total. The molecular formula is C36H38F3N3O4S. The third-order valence-electron chi connectivity index (χ3n) is 7.31. The van der Waals surface area contributed by atoms with Crippen molar-refractivity contribution in [3.63, 3.8) is 0 Å². The Labute approximate surface area is 274 Å². The van der Waals surface area contributed by atoms with E-state index in [1.807, 2.05) is 18.2 Å². The van der Waals surface area contributed by atoms with Crippen molar-refractivity contribution < 1.29 is 31.2 Å². The zero-order valence-corrected chi connectivity index (χ0v) is 27.5. The SMILES string of the molecule is Cc1ccc(S(=O)(=O)N(CC(=O)N(Cc2ccccc2)[C@@H](Cc2ccccc2)C(=O)NC(C)(C)C)c2cccc(C(F)(F)F)c2)cc1. The van der Waals surface area contributed by atoms with Gasteiger partial charge in [0, 0.05) is 18.5 Å². The van der Waals surface area contributed by atoms with Crippen LogP contribution in [0.1, 0.15) is 43.0 Å². The van der Waals surface area contributed by atoms with Gasteiger partial charge < -0.3 is 10.2 Å². The van der Waals surface area contributed by atoms with Gasteiger partial charge in [-0.3, -0.25) is 13.9 Å². The molecule has 0 bridgehead atoms. The number of anilines is 1. The predicted molar refractivity (Wildman–Crippen MR) is 176 cm³/mol. The fourth-order valence-electron chi connectivity index (χ4n) is 4.99. The summed E-state index contributed by atoms with van der Waals surface area (Å²) in [6.45, 7) is 6.25. The monoisotopic (exact) mass is 665 g/mol. The lowest BCUT2D eigenvalue weighted by Crippen LogP contribution is -2.56. The minimum absolute atomic E-state index is 0.0598. The van der Waals surface area contributed by atoms with E-state index in [0.717, 1.165) is 23.3 Å². The van der Waals surface area contributed by atoms with Crippen LogP contribution >= 0.6 is 0 Å². The molecule has 0 aliphatic heterocycles. The van der Waals surface area contributed by atoms with Gasteiger partial charge in [0.1, 0.15) is 12.6 Å². The fourth-order valence-corrected chi connectivity index (χ4v) is 6.40. The van der Waals surface area contributed by atoms with Crippen LogP contribution in [0.5, 0.6) is 0 Å². The van der Waals surface area contributed by atoms with E-state index < -0.39 is 51.7 Å². The number of carbonyl (C=O) groups excluding carboxylic acids is 2. The van der Waals surface area contributed by atoms with Gasteiger partial charge in [-0.25, -0.2) is 8.42 Å². The van der Waals surface area contributed by atoms with Gasteiger partial charge in [-0.05, 0) is 69.2 Å². The number of sulfonamides is 1. The summed E-state index contributed by atoms with van der Waals surface area (Å²) in [5, 5.41) is 2.94. The summed E-state index contributed by atoms with van der Waals surface area (Å²) in [6.07, 6.45) is -4.65. The van der Waals surface area contributed by atoms with Crippen LogP contribution in [-0.4, -0.2) is 43.3 Å². The van der Waals surface area contributed by atoms with Crippen LogP contribution in [0.3, 0.4) is 0 Å². The van der Waals surface area contributed by atoms with Crippen LogP contribution in [0.4, 0.5) is 18.9 Å². The topological polar surface area (TPSA) is 86.8 Å². The maximum absolute atomic E-state index is 14.5. The van der Waals surface area contributed by atoms with Gasteiger partial charge in [0.05, 0.1) is 16.1 Å². The van der Waals surface area contributed by atoms with Gasteiger partial charge >= 0.3 is 6.18 Å². The summed E-state index contributed by atoms with van der Waals surface area (Å²) in [6, 6.07) is 26.5. The number of aryl methyl sites for hydroxylation is 1. The Morgan fingerprint density at radius 2 is 1.36 bits per heavy atom. The van der Waals surface area contributed by atoms with Crippen molar-refractivity contribution in [2.45, 2.75) is 63.3 Å². The average molecular weight is 666 g/mol. The van der Waals surface area contributed by atoms with Crippen molar-refractivity contribution in [3.05, 3.63) is 131 Å². The molecule has 0 aliphatic carbocycles. The molecule has 4 aromatic rings. The van der Waals surface area contributed by atoms with E-state index in [4.69, 9.17) is 0 Å².